The summed E-state index contributed by atoms with van der Waals surface area (Å²) in [5.74, 6) is 0. The molecule has 2 nitrogen and oxygen atoms in total. The van der Waals surface area contributed by atoms with Crippen LogP contribution in [0, 0.1) is 0 Å². The summed E-state index contributed by atoms with van der Waals surface area (Å²) in [5.41, 5.74) is 1.22. The first kappa shape index (κ1) is 11.0. The van der Waals surface area contributed by atoms with E-state index in [1.165, 1.54) is 31.2 Å². The van der Waals surface area contributed by atoms with E-state index < -0.39 is 0 Å². The van der Waals surface area contributed by atoms with Crippen LogP contribution in [-0.4, -0.2) is 36.3 Å². The van der Waals surface area contributed by atoms with E-state index in [4.69, 9.17) is 4.99 Å². The maximum absolute atomic E-state index is 4.78. The minimum atomic E-state index is 0.545. The maximum atomic E-state index is 4.78. The molecule has 0 amide bonds. The van der Waals surface area contributed by atoms with E-state index in [1.807, 2.05) is 6.07 Å². The molecule has 90 valence electrons. The fourth-order valence-corrected chi connectivity index (χ4v) is 3.24. The molecule has 17 heavy (non-hydrogen) atoms. The molecule has 2 saturated heterocycles. The van der Waals surface area contributed by atoms with Crippen molar-refractivity contribution in [1.82, 2.24) is 4.90 Å². The van der Waals surface area contributed by atoms with Gasteiger partial charge in [0.15, 0.2) is 0 Å². The molecule has 3 rings (SSSR count). The molecule has 2 heteroatoms. The Balaban J connectivity index is 1.66. The molecule has 0 saturated carbocycles. The van der Waals surface area contributed by atoms with Gasteiger partial charge in [-0.1, -0.05) is 30.3 Å². The van der Waals surface area contributed by atoms with Gasteiger partial charge in [0.1, 0.15) is 0 Å². The van der Waals surface area contributed by atoms with Crippen molar-refractivity contribution in [2.45, 2.75) is 43.8 Å². The van der Waals surface area contributed by atoms with Crippen LogP contribution in [-0.2, 0) is 0 Å². The fourth-order valence-electron chi connectivity index (χ4n) is 3.24. The lowest BCUT2D eigenvalue weighted by atomic mass is 9.98. The SMILES string of the molecule is CN1[C@@H]2CC[C@H]1CC(N=Cc1ccccc1)C2. The maximum Gasteiger partial charge on any atom is 0.0529 e. The topological polar surface area (TPSA) is 15.6 Å². The zero-order valence-corrected chi connectivity index (χ0v) is 10.4. The molecule has 2 fully saturated rings. The van der Waals surface area contributed by atoms with Crippen LogP contribution in [0.4, 0.5) is 0 Å². The Bertz CT molecular complexity index is 385. The van der Waals surface area contributed by atoms with Crippen LogP contribution < -0.4 is 0 Å². The van der Waals surface area contributed by atoms with Crippen molar-refractivity contribution in [2.24, 2.45) is 4.99 Å². The van der Waals surface area contributed by atoms with E-state index >= 15 is 0 Å². The van der Waals surface area contributed by atoms with Gasteiger partial charge in [0, 0.05) is 18.3 Å². The van der Waals surface area contributed by atoms with Crippen LogP contribution in [0.15, 0.2) is 35.3 Å². The van der Waals surface area contributed by atoms with Crippen LogP contribution in [0.5, 0.6) is 0 Å². The summed E-state index contributed by atoms with van der Waals surface area (Å²) >= 11 is 0. The predicted octanol–water partition coefficient (Wildman–Crippen LogP) is 2.73. The molecule has 0 aliphatic carbocycles. The van der Waals surface area contributed by atoms with Crippen LogP contribution in [0.3, 0.4) is 0 Å². The Morgan fingerprint density at radius 3 is 2.41 bits per heavy atom. The van der Waals surface area contributed by atoms with Crippen molar-refractivity contribution in [1.29, 1.82) is 0 Å². The Morgan fingerprint density at radius 1 is 1.12 bits per heavy atom. The van der Waals surface area contributed by atoms with Crippen LogP contribution in [0.25, 0.3) is 0 Å². The van der Waals surface area contributed by atoms with Crippen molar-refractivity contribution in [3.05, 3.63) is 35.9 Å². The number of benzene rings is 1. The van der Waals surface area contributed by atoms with Gasteiger partial charge in [0.25, 0.3) is 0 Å². The molecule has 0 radical (unpaired) electrons. The lowest BCUT2D eigenvalue weighted by Crippen LogP contribution is -2.41. The summed E-state index contributed by atoms with van der Waals surface area (Å²) in [7, 11) is 2.28. The smallest absolute Gasteiger partial charge is 0.0529 e. The highest BCUT2D eigenvalue weighted by atomic mass is 15.2. The lowest BCUT2D eigenvalue weighted by Gasteiger charge is -2.34. The number of rotatable bonds is 2. The van der Waals surface area contributed by atoms with Crippen molar-refractivity contribution in [2.75, 3.05) is 7.05 Å². The van der Waals surface area contributed by atoms with E-state index in [-0.39, 0.29) is 0 Å². The zero-order valence-electron chi connectivity index (χ0n) is 10.4. The fraction of sp³-hybridized carbons (Fsp3) is 0.533. The monoisotopic (exact) mass is 228 g/mol. The van der Waals surface area contributed by atoms with Crippen molar-refractivity contribution < 1.29 is 0 Å². The zero-order chi connectivity index (χ0) is 11.7. The van der Waals surface area contributed by atoms with Gasteiger partial charge < -0.3 is 4.90 Å². The van der Waals surface area contributed by atoms with Gasteiger partial charge in [0.05, 0.1) is 6.04 Å². The quantitative estimate of drug-likeness (QED) is 0.711. The number of fused-ring (bicyclic) bond motifs is 2. The first-order valence-electron chi connectivity index (χ1n) is 6.63. The summed E-state index contributed by atoms with van der Waals surface area (Å²) in [5, 5.41) is 0. The first-order chi connectivity index (χ1) is 8.33. The molecule has 1 aromatic carbocycles. The molecule has 2 bridgehead atoms. The van der Waals surface area contributed by atoms with Gasteiger partial charge in [0.2, 0.25) is 0 Å². The number of hydrogen-bond acceptors (Lipinski definition) is 2. The molecule has 0 aromatic heterocycles. The van der Waals surface area contributed by atoms with Gasteiger partial charge in [-0.15, -0.1) is 0 Å². The van der Waals surface area contributed by atoms with Gasteiger partial charge in [-0.05, 0) is 38.3 Å². The van der Waals surface area contributed by atoms with Crippen LogP contribution in [0.2, 0.25) is 0 Å². The van der Waals surface area contributed by atoms with Crippen molar-refractivity contribution in [3.8, 4) is 0 Å². The molecule has 3 atom stereocenters. The minimum absolute atomic E-state index is 0.545. The number of piperidine rings is 1. The van der Waals surface area contributed by atoms with E-state index in [2.05, 4.69) is 42.4 Å². The van der Waals surface area contributed by atoms with Gasteiger partial charge in [-0.2, -0.15) is 0 Å². The summed E-state index contributed by atoms with van der Waals surface area (Å²) in [6, 6.07) is 12.5. The molecule has 2 aliphatic heterocycles. The highest BCUT2D eigenvalue weighted by molar-refractivity contribution is 5.79. The Morgan fingerprint density at radius 2 is 1.76 bits per heavy atom. The summed E-state index contributed by atoms with van der Waals surface area (Å²) < 4.78 is 0. The standard InChI is InChI=1S/C15H20N2/c1-17-14-7-8-15(17)10-13(9-14)16-11-12-5-3-2-4-6-12/h2-6,11,13-15H,7-10H2,1H3/t13?,14-,15+. The highest BCUT2D eigenvalue weighted by Gasteiger charge is 2.37. The Labute approximate surface area is 103 Å². The van der Waals surface area contributed by atoms with Crippen molar-refractivity contribution >= 4 is 6.21 Å². The minimum Gasteiger partial charge on any atom is -0.300 e. The van der Waals surface area contributed by atoms with E-state index in [9.17, 15) is 0 Å². The molecular weight excluding hydrogens is 208 g/mol. The average molecular weight is 228 g/mol. The molecule has 1 unspecified atom stereocenters. The Kier molecular flexibility index (Phi) is 2.98. The number of aliphatic imine (C=N–C) groups is 1. The molecule has 1 aromatic rings. The second kappa shape index (κ2) is 4.61. The van der Waals surface area contributed by atoms with Crippen LogP contribution in [0.1, 0.15) is 31.2 Å². The third-order valence-corrected chi connectivity index (χ3v) is 4.31. The van der Waals surface area contributed by atoms with Gasteiger partial charge >= 0.3 is 0 Å². The molecule has 2 aliphatic rings. The highest BCUT2D eigenvalue weighted by Crippen LogP contribution is 2.35. The van der Waals surface area contributed by atoms with E-state index in [1.54, 1.807) is 0 Å². The molecule has 2 heterocycles. The largest absolute Gasteiger partial charge is 0.300 e. The normalized spacial score (nSPS) is 33.4. The Hall–Kier alpha value is -1.15. The molecule has 0 N–H and O–H groups in total. The lowest BCUT2D eigenvalue weighted by molar-refractivity contribution is 0.164. The number of nitrogens with zero attached hydrogens (tertiary/aromatic N) is 2. The second-order valence-corrected chi connectivity index (χ2v) is 5.36. The third-order valence-electron chi connectivity index (χ3n) is 4.31. The molecule has 0 spiro atoms. The predicted molar refractivity (Wildman–Crippen MR) is 71.6 cm³/mol. The number of hydrogen-bond donors (Lipinski definition) is 0. The van der Waals surface area contributed by atoms with Crippen LogP contribution >= 0.6 is 0 Å². The summed E-state index contributed by atoms with van der Waals surface area (Å²) in [6.07, 6.45) is 7.29. The second-order valence-electron chi connectivity index (χ2n) is 5.36. The molecular formula is C15H20N2. The van der Waals surface area contributed by atoms with Gasteiger partial charge in [-0.3, -0.25) is 4.99 Å². The average Bonchev–Trinajstić information content (AvgIpc) is 2.61. The van der Waals surface area contributed by atoms with E-state index in [0.717, 1.165) is 12.1 Å². The summed E-state index contributed by atoms with van der Waals surface area (Å²) in [4.78, 5) is 7.34. The van der Waals surface area contributed by atoms with E-state index in [0.29, 0.717) is 6.04 Å². The first-order valence-corrected chi connectivity index (χ1v) is 6.63. The summed E-state index contributed by atoms with van der Waals surface area (Å²) in [6.45, 7) is 0. The van der Waals surface area contributed by atoms with Crippen molar-refractivity contribution in [3.63, 3.8) is 0 Å². The third kappa shape index (κ3) is 2.27. The van der Waals surface area contributed by atoms with Gasteiger partial charge in [-0.25, -0.2) is 0 Å².